The Labute approximate surface area is 105 Å². The number of hydrogen-bond donors (Lipinski definition) is 1. The molecule has 0 aromatic heterocycles. The van der Waals surface area contributed by atoms with Gasteiger partial charge in [0.1, 0.15) is 0 Å². The lowest BCUT2D eigenvalue weighted by atomic mass is 9.80. The smallest absolute Gasteiger partial charge is 0.230 e. The van der Waals surface area contributed by atoms with E-state index in [1.807, 2.05) is 27.7 Å². The van der Waals surface area contributed by atoms with Crippen LogP contribution in [-0.4, -0.2) is 30.4 Å². The Bertz CT molecular complexity index is 271. The summed E-state index contributed by atoms with van der Waals surface area (Å²) >= 11 is 0. The maximum absolute atomic E-state index is 12.5. The molecule has 1 unspecified atom stereocenters. The first-order valence-corrected chi connectivity index (χ1v) is 6.40. The topological polar surface area (TPSA) is 70.1 Å². The van der Waals surface area contributed by atoms with E-state index in [1.165, 1.54) is 0 Å². The predicted molar refractivity (Wildman–Crippen MR) is 69.1 cm³/mol. The fourth-order valence-corrected chi connectivity index (χ4v) is 1.99. The number of hydrogen-bond acceptors (Lipinski definition) is 3. The molecule has 2 N–H and O–H groups in total. The average molecular weight is 239 g/mol. The van der Waals surface area contributed by atoms with E-state index in [-0.39, 0.29) is 11.8 Å². The molecule has 0 spiro atoms. The van der Waals surface area contributed by atoms with Crippen molar-refractivity contribution in [3.8, 4) is 6.07 Å². The minimum atomic E-state index is -0.453. The molecule has 4 nitrogen and oxygen atoms in total. The van der Waals surface area contributed by atoms with Gasteiger partial charge < -0.3 is 10.6 Å². The molecule has 1 atom stereocenters. The Morgan fingerprint density at radius 2 is 1.94 bits per heavy atom. The van der Waals surface area contributed by atoms with E-state index >= 15 is 0 Å². The van der Waals surface area contributed by atoms with Crippen LogP contribution in [-0.2, 0) is 4.79 Å². The van der Waals surface area contributed by atoms with Gasteiger partial charge in [-0.25, -0.2) is 0 Å². The molecule has 1 amide bonds. The van der Waals surface area contributed by atoms with Gasteiger partial charge in [-0.2, -0.15) is 5.26 Å². The highest BCUT2D eigenvalue weighted by Gasteiger charge is 2.36. The Balaban J connectivity index is 4.90. The highest BCUT2D eigenvalue weighted by molar-refractivity contribution is 5.83. The Hall–Kier alpha value is -1.08. The van der Waals surface area contributed by atoms with E-state index in [2.05, 4.69) is 6.07 Å². The van der Waals surface area contributed by atoms with Crippen LogP contribution in [0.2, 0.25) is 0 Å². The standard InChI is InChI=1S/C13H25N3O/c1-5-13(6-2,10-15)12(17)16(7-3)9-11(4)8-14/h11H,5-7,9-10,15H2,1-4H3. The molecule has 0 saturated carbocycles. The number of nitriles is 1. The molecule has 0 rings (SSSR count). The summed E-state index contributed by atoms with van der Waals surface area (Å²) in [5, 5.41) is 8.82. The van der Waals surface area contributed by atoms with Crippen molar-refractivity contribution < 1.29 is 4.79 Å². The molecular weight excluding hydrogens is 214 g/mol. The van der Waals surface area contributed by atoms with Gasteiger partial charge in [0.25, 0.3) is 0 Å². The molecule has 0 aliphatic heterocycles. The Morgan fingerprint density at radius 3 is 2.24 bits per heavy atom. The molecule has 0 heterocycles. The van der Waals surface area contributed by atoms with E-state index in [0.29, 0.717) is 19.6 Å². The second-order valence-corrected chi connectivity index (χ2v) is 4.57. The minimum Gasteiger partial charge on any atom is -0.341 e. The van der Waals surface area contributed by atoms with Gasteiger partial charge in [-0.3, -0.25) is 4.79 Å². The van der Waals surface area contributed by atoms with Gasteiger partial charge in [0.2, 0.25) is 5.91 Å². The van der Waals surface area contributed by atoms with Crippen LogP contribution < -0.4 is 5.73 Å². The van der Waals surface area contributed by atoms with Crippen LogP contribution >= 0.6 is 0 Å². The summed E-state index contributed by atoms with van der Waals surface area (Å²) in [5.41, 5.74) is 5.32. The lowest BCUT2D eigenvalue weighted by Gasteiger charge is -2.35. The second-order valence-electron chi connectivity index (χ2n) is 4.57. The third-order valence-corrected chi connectivity index (χ3v) is 3.58. The summed E-state index contributed by atoms with van der Waals surface area (Å²) in [6, 6.07) is 2.16. The monoisotopic (exact) mass is 239 g/mol. The molecule has 0 aromatic carbocycles. The summed E-state index contributed by atoms with van der Waals surface area (Å²) in [6.45, 7) is 9.26. The summed E-state index contributed by atoms with van der Waals surface area (Å²) < 4.78 is 0. The number of rotatable bonds is 7. The molecule has 0 aromatic rings. The summed E-state index contributed by atoms with van der Waals surface area (Å²) in [7, 11) is 0. The fourth-order valence-electron chi connectivity index (χ4n) is 1.99. The van der Waals surface area contributed by atoms with Crippen LogP contribution in [0.25, 0.3) is 0 Å². The van der Waals surface area contributed by atoms with Crippen molar-refractivity contribution in [2.45, 2.75) is 40.5 Å². The molecule has 4 heteroatoms. The Morgan fingerprint density at radius 1 is 1.41 bits per heavy atom. The molecule has 0 radical (unpaired) electrons. The molecule has 0 bridgehead atoms. The molecule has 0 aliphatic rings. The molecule has 0 saturated heterocycles. The minimum absolute atomic E-state index is 0.0922. The summed E-state index contributed by atoms with van der Waals surface area (Å²) in [5.74, 6) is -0.0438. The fraction of sp³-hybridized carbons (Fsp3) is 0.846. The second kappa shape index (κ2) is 7.29. The van der Waals surface area contributed by atoms with Gasteiger partial charge in [0, 0.05) is 19.6 Å². The number of nitrogens with zero attached hydrogens (tertiary/aromatic N) is 2. The maximum Gasteiger partial charge on any atom is 0.230 e. The van der Waals surface area contributed by atoms with Gasteiger partial charge >= 0.3 is 0 Å². The lowest BCUT2D eigenvalue weighted by Crippen LogP contribution is -2.48. The first-order valence-electron chi connectivity index (χ1n) is 6.40. The zero-order chi connectivity index (χ0) is 13.5. The van der Waals surface area contributed by atoms with Gasteiger partial charge in [-0.15, -0.1) is 0 Å². The summed E-state index contributed by atoms with van der Waals surface area (Å²) in [4.78, 5) is 14.2. The number of carbonyl (C=O) groups is 1. The number of carbonyl (C=O) groups excluding carboxylic acids is 1. The van der Waals surface area contributed by atoms with Crippen molar-refractivity contribution in [3.63, 3.8) is 0 Å². The molecule has 0 aliphatic carbocycles. The predicted octanol–water partition coefficient (Wildman–Crippen LogP) is 1.76. The first kappa shape index (κ1) is 15.9. The van der Waals surface area contributed by atoms with Gasteiger partial charge in [0.15, 0.2) is 0 Å². The molecule has 0 fully saturated rings. The third-order valence-electron chi connectivity index (χ3n) is 3.58. The molecular formula is C13H25N3O. The van der Waals surface area contributed by atoms with Crippen LogP contribution in [0.15, 0.2) is 0 Å². The zero-order valence-corrected chi connectivity index (χ0v) is 11.5. The van der Waals surface area contributed by atoms with Gasteiger partial charge in [-0.1, -0.05) is 13.8 Å². The van der Waals surface area contributed by atoms with Crippen LogP contribution in [0.1, 0.15) is 40.5 Å². The summed E-state index contributed by atoms with van der Waals surface area (Å²) in [6.07, 6.45) is 1.49. The normalized spacial score (nSPS) is 12.9. The van der Waals surface area contributed by atoms with Crippen LogP contribution in [0.3, 0.4) is 0 Å². The third kappa shape index (κ3) is 3.71. The number of nitrogens with two attached hydrogens (primary N) is 1. The van der Waals surface area contributed by atoms with Crippen LogP contribution in [0.5, 0.6) is 0 Å². The van der Waals surface area contributed by atoms with Crippen molar-refractivity contribution >= 4 is 5.91 Å². The quantitative estimate of drug-likeness (QED) is 0.736. The molecule has 98 valence electrons. The molecule has 17 heavy (non-hydrogen) atoms. The van der Waals surface area contributed by atoms with Crippen molar-refractivity contribution in [2.75, 3.05) is 19.6 Å². The highest BCUT2D eigenvalue weighted by atomic mass is 16.2. The van der Waals surface area contributed by atoms with Crippen LogP contribution in [0.4, 0.5) is 0 Å². The van der Waals surface area contributed by atoms with Crippen molar-refractivity contribution in [1.29, 1.82) is 5.26 Å². The number of amides is 1. The van der Waals surface area contributed by atoms with Crippen molar-refractivity contribution in [2.24, 2.45) is 17.1 Å². The SMILES string of the molecule is CCN(CC(C)C#N)C(=O)C(CC)(CC)CN. The first-order chi connectivity index (χ1) is 8.01. The van der Waals surface area contributed by atoms with E-state index in [1.54, 1.807) is 4.90 Å². The van der Waals surface area contributed by atoms with E-state index in [0.717, 1.165) is 12.8 Å². The Kier molecular flexibility index (Phi) is 6.82. The van der Waals surface area contributed by atoms with E-state index in [9.17, 15) is 4.79 Å². The average Bonchev–Trinajstić information content (AvgIpc) is 2.38. The highest BCUT2D eigenvalue weighted by Crippen LogP contribution is 2.28. The van der Waals surface area contributed by atoms with Gasteiger partial charge in [0.05, 0.1) is 17.4 Å². The van der Waals surface area contributed by atoms with Crippen molar-refractivity contribution in [1.82, 2.24) is 4.90 Å². The van der Waals surface area contributed by atoms with Crippen LogP contribution in [0, 0.1) is 22.7 Å². The maximum atomic E-state index is 12.5. The van der Waals surface area contributed by atoms with E-state index in [4.69, 9.17) is 11.0 Å². The van der Waals surface area contributed by atoms with Crippen molar-refractivity contribution in [3.05, 3.63) is 0 Å². The van der Waals surface area contributed by atoms with E-state index < -0.39 is 5.41 Å². The zero-order valence-electron chi connectivity index (χ0n) is 11.5. The lowest BCUT2D eigenvalue weighted by molar-refractivity contribution is -0.142. The van der Waals surface area contributed by atoms with Gasteiger partial charge in [-0.05, 0) is 26.7 Å². The largest absolute Gasteiger partial charge is 0.341 e.